The molecule has 1 heteroatoms. The molecule has 0 fully saturated rings. The van der Waals surface area contributed by atoms with Crippen molar-refractivity contribution >= 4 is 0 Å². The summed E-state index contributed by atoms with van der Waals surface area (Å²) < 4.78 is 0. The summed E-state index contributed by atoms with van der Waals surface area (Å²) in [5, 5.41) is 0. The molecule has 0 aliphatic carbocycles. The third-order valence-electron chi connectivity index (χ3n) is 5.15. The third-order valence-corrected chi connectivity index (χ3v) is 5.15. The number of hydrogen-bond donors (Lipinski definition) is 0. The van der Waals surface area contributed by atoms with Gasteiger partial charge in [0, 0.05) is 6.54 Å². The van der Waals surface area contributed by atoms with Crippen LogP contribution >= 0.6 is 0 Å². The Balaban J connectivity index is 4.29. The fourth-order valence-corrected chi connectivity index (χ4v) is 3.04. The van der Waals surface area contributed by atoms with Gasteiger partial charge >= 0.3 is 0 Å². The van der Waals surface area contributed by atoms with E-state index in [1.165, 1.54) is 71.0 Å². The largest absolute Gasteiger partial charge is 0.303 e. The van der Waals surface area contributed by atoms with Gasteiger partial charge in [-0.25, -0.2) is 0 Å². The van der Waals surface area contributed by atoms with E-state index in [9.17, 15) is 0 Å². The molecule has 0 aromatic heterocycles. The average molecular weight is 298 g/mol. The smallest absolute Gasteiger partial charge is 0.000965 e. The standard InChI is InChI=1S/C20H43N/c1-7-11-20(13-12-18(5)9-3)17-21(15-8-2)16-14-19(6)10-4/h18-20H,7-17H2,1-6H3. The molecule has 1 nitrogen and oxygen atoms in total. The van der Waals surface area contributed by atoms with Gasteiger partial charge in [0.05, 0.1) is 0 Å². The number of hydrogen-bond acceptors (Lipinski definition) is 1. The van der Waals surface area contributed by atoms with Gasteiger partial charge in [0.1, 0.15) is 0 Å². The number of rotatable bonds is 14. The maximum absolute atomic E-state index is 2.75. The number of nitrogens with zero attached hydrogens (tertiary/aromatic N) is 1. The molecule has 0 radical (unpaired) electrons. The van der Waals surface area contributed by atoms with Crippen molar-refractivity contribution in [2.75, 3.05) is 19.6 Å². The van der Waals surface area contributed by atoms with E-state index in [1.54, 1.807) is 0 Å². The van der Waals surface area contributed by atoms with Crippen LogP contribution in [0.4, 0.5) is 0 Å². The van der Waals surface area contributed by atoms with Crippen LogP contribution < -0.4 is 0 Å². The van der Waals surface area contributed by atoms with Gasteiger partial charge in [0.2, 0.25) is 0 Å². The third kappa shape index (κ3) is 11.2. The van der Waals surface area contributed by atoms with Crippen molar-refractivity contribution < 1.29 is 0 Å². The van der Waals surface area contributed by atoms with Crippen LogP contribution in [0.3, 0.4) is 0 Å². The molecule has 0 heterocycles. The van der Waals surface area contributed by atoms with E-state index >= 15 is 0 Å². The van der Waals surface area contributed by atoms with Crippen molar-refractivity contribution in [3.05, 3.63) is 0 Å². The first-order chi connectivity index (χ1) is 10.1. The minimum Gasteiger partial charge on any atom is -0.303 e. The maximum Gasteiger partial charge on any atom is 0.000965 e. The first-order valence-corrected chi connectivity index (χ1v) is 9.79. The van der Waals surface area contributed by atoms with Crippen molar-refractivity contribution in [1.29, 1.82) is 0 Å². The summed E-state index contributed by atoms with van der Waals surface area (Å²) in [4.78, 5) is 2.75. The van der Waals surface area contributed by atoms with Crippen molar-refractivity contribution in [3.8, 4) is 0 Å². The second-order valence-corrected chi connectivity index (χ2v) is 7.35. The average Bonchev–Trinajstić information content (AvgIpc) is 2.49. The van der Waals surface area contributed by atoms with Gasteiger partial charge in [-0.15, -0.1) is 0 Å². The van der Waals surface area contributed by atoms with E-state index in [-0.39, 0.29) is 0 Å². The molecule has 0 saturated carbocycles. The molecular weight excluding hydrogens is 254 g/mol. The Bertz CT molecular complexity index is 192. The molecule has 0 aliphatic rings. The van der Waals surface area contributed by atoms with Crippen LogP contribution in [-0.2, 0) is 0 Å². The SMILES string of the molecule is CCCC(CCC(C)CC)CN(CCC)CCC(C)CC. The first kappa shape index (κ1) is 21.0. The van der Waals surface area contributed by atoms with Gasteiger partial charge < -0.3 is 4.90 Å². The molecule has 3 atom stereocenters. The highest BCUT2D eigenvalue weighted by Crippen LogP contribution is 2.21. The molecule has 0 N–H and O–H groups in total. The van der Waals surface area contributed by atoms with E-state index < -0.39 is 0 Å². The summed E-state index contributed by atoms with van der Waals surface area (Å²) in [6.45, 7) is 18.1. The molecule has 0 aliphatic heterocycles. The second-order valence-electron chi connectivity index (χ2n) is 7.35. The summed E-state index contributed by atoms with van der Waals surface area (Å²) in [5.41, 5.74) is 0. The summed E-state index contributed by atoms with van der Waals surface area (Å²) >= 11 is 0. The second kappa shape index (κ2) is 13.6. The minimum absolute atomic E-state index is 0.883. The molecule has 0 rings (SSSR count). The van der Waals surface area contributed by atoms with Gasteiger partial charge in [-0.1, -0.05) is 67.2 Å². The fraction of sp³-hybridized carbons (Fsp3) is 1.00. The van der Waals surface area contributed by atoms with Crippen LogP contribution in [0, 0.1) is 17.8 Å². The highest BCUT2D eigenvalue weighted by molar-refractivity contribution is 4.69. The van der Waals surface area contributed by atoms with Crippen LogP contribution in [0.25, 0.3) is 0 Å². The highest BCUT2D eigenvalue weighted by atomic mass is 15.1. The fourth-order valence-electron chi connectivity index (χ4n) is 3.04. The Morgan fingerprint density at radius 3 is 1.81 bits per heavy atom. The van der Waals surface area contributed by atoms with Gasteiger partial charge in [-0.2, -0.15) is 0 Å². The van der Waals surface area contributed by atoms with Crippen LogP contribution in [0.15, 0.2) is 0 Å². The normalized spacial score (nSPS) is 16.1. The zero-order chi connectivity index (χ0) is 16.1. The van der Waals surface area contributed by atoms with Crippen molar-refractivity contribution in [2.24, 2.45) is 17.8 Å². The summed E-state index contributed by atoms with van der Waals surface area (Å²) in [6.07, 6.45) is 11.0. The lowest BCUT2D eigenvalue weighted by molar-refractivity contribution is 0.199. The Morgan fingerprint density at radius 1 is 0.667 bits per heavy atom. The van der Waals surface area contributed by atoms with Gasteiger partial charge in [-0.3, -0.25) is 0 Å². The summed E-state index contributed by atoms with van der Waals surface area (Å²) in [6, 6.07) is 0. The van der Waals surface area contributed by atoms with E-state index in [2.05, 4.69) is 46.4 Å². The predicted molar refractivity (Wildman–Crippen MR) is 97.9 cm³/mol. The Hall–Kier alpha value is -0.0400. The van der Waals surface area contributed by atoms with Crippen molar-refractivity contribution in [1.82, 2.24) is 4.90 Å². The van der Waals surface area contributed by atoms with Crippen LogP contribution in [0.1, 0.15) is 92.9 Å². The van der Waals surface area contributed by atoms with E-state index in [1.807, 2.05) is 0 Å². The molecule has 3 unspecified atom stereocenters. The molecule has 0 bridgehead atoms. The van der Waals surface area contributed by atoms with Crippen LogP contribution in [0.5, 0.6) is 0 Å². The lowest BCUT2D eigenvalue weighted by atomic mass is 9.91. The molecule has 0 spiro atoms. The molecule has 0 amide bonds. The zero-order valence-corrected chi connectivity index (χ0v) is 16.0. The maximum atomic E-state index is 2.75. The van der Waals surface area contributed by atoms with Crippen LogP contribution in [0.2, 0.25) is 0 Å². The monoisotopic (exact) mass is 297 g/mol. The van der Waals surface area contributed by atoms with Crippen LogP contribution in [-0.4, -0.2) is 24.5 Å². The quantitative estimate of drug-likeness (QED) is 0.360. The topological polar surface area (TPSA) is 3.24 Å². The minimum atomic E-state index is 0.883. The molecule has 0 aromatic rings. The lowest BCUT2D eigenvalue weighted by Gasteiger charge is -2.28. The Kier molecular flexibility index (Phi) is 13.6. The van der Waals surface area contributed by atoms with Gasteiger partial charge in [-0.05, 0) is 56.5 Å². The lowest BCUT2D eigenvalue weighted by Crippen LogP contribution is -2.32. The summed E-state index contributed by atoms with van der Waals surface area (Å²) in [7, 11) is 0. The molecule has 21 heavy (non-hydrogen) atoms. The highest BCUT2D eigenvalue weighted by Gasteiger charge is 2.15. The Labute approximate surface area is 135 Å². The van der Waals surface area contributed by atoms with Gasteiger partial charge in [0.25, 0.3) is 0 Å². The van der Waals surface area contributed by atoms with Crippen molar-refractivity contribution in [3.63, 3.8) is 0 Å². The molecule has 128 valence electrons. The Morgan fingerprint density at radius 2 is 1.29 bits per heavy atom. The van der Waals surface area contributed by atoms with Crippen molar-refractivity contribution in [2.45, 2.75) is 92.9 Å². The first-order valence-electron chi connectivity index (χ1n) is 9.79. The molecule has 0 saturated heterocycles. The molecular formula is C20H43N. The summed E-state index contributed by atoms with van der Waals surface area (Å²) in [5.74, 6) is 2.71. The predicted octanol–water partition coefficient (Wildman–Crippen LogP) is 6.38. The van der Waals surface area contributed by atoms with E-state index in [4.69, 9.17) is 0 Å². The van der Waals surface area contributed by atoms with E-state index in [0.717, 1.165) is 17.8 Å². The van der Waals surface area contributed by atoms with Gasteiger partial charge in [0.15, 0.2) is 0 Å². The zero-order valence-electron chi connectivity index (χ0n) is 16.0. The van der Waals surface area contributed by atoms with E-state index in [0.29, 0.717) is 0 Å². The molecule has 0 aromatic carbocycles.